The number of nitrogens with one attached hydrogen (secondary N) is 1. The first-order valence-corrected chi connectivity index (χ1v) is 24.6. The van der Waals surface area contributed by atoms with Crippen molar-refractivity contribution in [1.82, 2.24) is 29.1 Å². The molecule has 368 valence electrons. The van der Waals surface area contributed by atoms with Gasteiger partial charge in [0.1, 0.15) is 66.9 Å². The molecule has 2 aliphatic heterocycles. The summed E-state index contributed by atoms with van der Waals surface area (Å²) in [6, 6.07) is 27.2. The lowest BCUT2D eigenvalue weighted by Gasteiger charge is -2.38. The number of hydrogen-bond acceptors (Lipinski definition) is 20. The molecule has 0 bridgehead atoms. The molecule has 2 saturated heterocycles. The van der Waals surface area contributed by atoms with Crippen molar-refractivity contribution in [3.63, 3.8) is 0 Å². The summed E-state index contributed by atoms with van der Waals surface area (Å²) in [5.74, 6) is 0.658. The number of imidazole rings is 1. The maximum Gasteiger partial charge on any atom is 0.330 e. The Bertz CT molecular complexity index is 2870. The first-order valence-electron chi connectivity index (χ1n) is 21.7. The smallest absolute Gasteiger partial charge is 0.330 e. The Labute approximate surface area is 405 Å². The first kappa shape index (κ1) is 50.3. The van der Waals surface area contributed by atoms with Gasteiger partial charge in [0.2, 0.25) is 0 Å². The second-order valence-corrected chi connectivity index (χ2v) is 19.6. The fourth-order valence-electron chi connectivity index (χ4n) is 8.41. The molecule has 1 unspecified atom stereocenters. The van der Waals surface area contributed by atoms with Gasteiger partial charge in [-0.25, -0.2) is 34.2 Å². The van der Waals surface area contributed by atoms with E-state index in [-0.39, 0.29) is 36.6 Å². The highest BCUT2D eigenvalue weighted by Crippen LogP contribution is 2.59. The summed E-state index contributed by atoms with van der Waals surface area (Å²) in [5, 5.41) is 43.6. The lowest BCUT2D eigenvalue weighted by atomic mass is 9.80. The van der Waals surface area contributed by atoms with Crippen LogP contribution in [0.1, 0.15) is 42.5 Å². The first-order chi connectivity index (χ1) is 33.8. The van der Waals surface area contributed by atoms with Gasteiger partial charge in [-0.15, -0.1) is 0 Å². The minimum atomic E-state index is -4.19. The van der Waals surface area contributed by atoms with Crippen molar-refractivity contribution in [2.45, 2.75) is 68.0 Å². The van der Waals surface area contributed by atoms with Gasteiger partial charge in [-0.05, 0) is 53.8 Å². The molecule has 0 spiro atoms. The van der Waals surface area contributed by atoms with Gasteiger partial charge in [0, 0.05) is 12.3 Å². The molecule has 6 aromatic rings. The number of aliphatic hydroxyl groups is 2. The Kier molecular flexibility index (Phi) is 15.7. The predicted molar refractivity (Wildman–Crippen MR) is 250 cm³/mol. The minimum absolute atomic E-state index is 0.00328. The summed E-state index contributed by atoms with van der Waals surface area (Å²) in [5.41, 5.74) is -0.570. The molecule has 24 heteroatoms. The van der Waals surface area contributed by atoms with Gasteiger partial charge in [-0.2, -0.15) is 5.26 Å². The number of methoxy groups -OCH3 is 2. The molecule has 5 heterocycles. The predicted octanol–water partition coefficient (Wildman–Crippen LogP) is 2.29. The number of aliphatic hydroxyl groups excluding tert-OH is 2. The number of rotatable bonds is 20. The van der Waals surface area contributed by atoms with Crippen LogP contribution in [0, 0.1) is 11.3 Å². The summed E-state index contributed by atoms with van der Waals surface area (Å²) in [6.07, 6.45) is -8.03. The third-order valence-corrected chi connectivity index (χ3v) is 13.8. The highest BCUT2D eigenvalue weighted by molar-refractivity contribution is 8.37. The maximum absolute atomic E-state index is 12.7. The summed E-state index contributed by atoms with van der Waals surface area (Å²) in [4.78, 5) is 55.8. The highest BCUT2D eigenvalue weighted by atomic mass is 32.7. The largest absolute Gasteiger partial charge is 0.862 e. The van der Waals surface area contributed by atoms with Crippen LogP contribution >= 0.6 is 6.92 Å². The van der Waals surface area contributed by atoms with E-state index in [0.29, 0.717) is 28.2 Å². The fourth-order valence-corrected chi connectivity index (χ4v) is 10.6. The zero-order valence-electron chi connectivity index (χ0n) is 37.8. The summed E-state index contributed by atoms with van der Waals surface area (Å²) in [6.45, 7) is -3.63. The number of hydrogen-bond donors (Lipinski definition) is 4. The SMILES string of the molecule is COc1ccc(C(OC[C@H]2O[C@@H](n3cnc4c(N=C(C)[O-])ncnc43)[C@H](OCOCCC#N)[C@@H]2O[P+](O)([S-])C[C@H]2O[C@@H](n3ccc(=O)[nH]c3=O)[C@H](O)[C@@H]2O)(c2ccccc2)c2ccc(OC)cc2)cc1. The number of H-pyrrole nitrogens is 1. The van der Waals surface area contributed by atoms with E-state index in [1.54, 1.807) is 38.5 Å². The molecule has 0 aliphatic carbocycles. The van der Waals surface area contributed by atoms with E-state index in [1.807, 2.05) is 60.7 Å². The summed E-state index contributed by atoms with van der Waals surface area (Å²) >= 11 is 5.82. The number of aromatic amines is 1. The van der Waals surface area contributed by atoms with Crippen LogP contribution in [0.25, 0.3) is 11.2 Å². The second kappa shape index (κ2) is 21.9. The summed E-state index contributed by atoms with van der Waals surface area (Å²) in [7, 11) is 3.12. The average Bonchev–Trinajstić information content (AvgIpc) is 4.02. The van der Waals surface area contributed by atoms with Gasteiger partial charge < -0.3 is 60.7 Å². The normalized spacial score (nSPS) is 23.5. The third kappa shape index (κ3) is 10.6. The molecule has 9 atom stereocenters. The van der Waals surface area contributed by atoms with Crippen LogP contribution < -0.4 is 25.8 Å². The molecule has 22 nitrogen and oxygen atoms in total. The van der Waals surface area contributed by atoms with Crippen LogP contribution in [0.3, 0.4) is 0 Å². The summed E-state index contributed by atoms with van der Waals surface area (Å²) < 4.78 is 52.2. The third-order valence-electron chi connectivity index (χ3n) is 11.7. The number of nitriles is 1. The van der Waals surface area contributed by atoms with Crippen LogP contribution in [-0.2, 0) is 46.1 Å². The fraction of sp³-hybridized carbons (Fsp3) is 0.370. The monoisotopic (exact) mass is 999 g/mol. The Morgan fingerprint density at radius 3 is 2.19 bits per heavy atom. The quantitative estimate of drug-likeness (QED) is 0.0162. The van der Waals surface area contributed by atoms with Crippen molar-refractivity contribution in [3.8, 4) is 17.6 Å². The van der Waals surface area contributed by atoms with Crippen molar-refractivity contribution in [2.24, 2.45) is 4.99 Å². The van der Waals surface area contributed by atoms with Crippen molar-refractivity contribution in [3.05, 3.63) is 141 Å². The number of fused-ring (bicyclic) bond motifs is 1. The number of ether oxygens (including phenoxy) is 7. The van der Waals surface area contributed by atoms with E-state index in [1.165, 1.54) is 24.1 Å². The van der Waals surface area contributed by atoms with Crippen molar-refractivity contribution in [1.29, 1.82) is 5.26 Å². The number of benzene rings is 3. The topological polar surface area (TPSA) is 292 Å². The van der Waals surface area contributed by atoms with Crippen LogP contribution in [0.2, 0.25) is 0 Å². The molecule has 8 rings (SSSR count). The van der Waals surface area contributed by atoms with E-state index < -0.39 is 91.7 Å². The van der Waals surface area contributed by atoms with E-state index >= 15 is 0 Å². The zero-order chi connectivity index (χ0) is 49.6. The molecule has 2 fully saturated rings. The molecular weight excluding hydrogens is 952 g/mol. The highest BCUT2D eigenvalue weighted by Gasteiger charge is 2.55. The van der Waals surface area contributed by atoms with Crippen molar-refractivity contribution < 1.29 is 57.9 Å². The number of aromatic nitrogens is 6. The van der Waals surface area contributed by atoms with Gasteiger partial charge in [0.25, 0.3) is 5.56 Å². The van der Waals surface area contributed by atoms with E-state index in [9.17, 15) is 35.1 Å². The van der Waals surface area contributed by atoms with Gasteiger partial charge in [-0.3, -0.25) is 18.9 Å². The Morgan fingerprint density at radius 1 is 0.900 bits per heavy atom. The Morgan fingerprint density at radius 2 is 1.56 bits per heavy atom. The molecular formula is C46H48N8O14PS-. The lowest BCUT2D eigenvalue weighted by Crippen LogP contribution is -2.42. The van der Waals surface area contributed by atoms with E-state index in [0.717, 1.165) is 16.8 Å². The van der Waals surface area contributed by atoms with Crippen LogP contribution in [0.5, 0.6) is 11.5 Å². The molecule has 0 saturated carbocycles. The molecule has 4 N–H and O–H groups in total. The van der Waals surface area contributed by atoms with Crippen molar-refractivity contribution in [2.75, 3.05) is 40.4 Å². The van der Waals surface area contributed by atoms with Crippen molar-refractivity contribution >= 4 is 42.0 Å². The van der Waals surface area contributed by atoms with E-state index in [2.05, 4.69) is 24.9 Å². The Balaban J connectivity index is 1.22. The molecule has 70 heavy (non-hydrogen) atoms. The standard InChI is InChI=1S/C46H49N8O14PS/c1-27(55)51-41-36-42(49-24-48-41)54(25-50-36)44-40(64-26-63-21-7-19-47)39(68-69(60,70)23-34-37(57)38(58)43(67-34)53-20-18-35(56)52-45(53)59)33(66-44)22-65-46(28-8-5-4-6-9-28,29-10-14-31(61-2)15-11-29)30-12-16-32(62-3)17-13-30/h4-6,8-18,20,24-25,33-34,37-40,43-44,57-58H,7,21-23,26H2,1-3H3,(H,60,70)(H,52,56,59)(H,48,49,51,55)/p-1/t33-,34-,37-,38-,39-,40-,43-,44-,69?/m1/s1. The number of aliphatic imine (C=N–C) groups is 1. The second-order valence-electron chi connectivity index (χ2n) is 16.1. The maximum atomic E-state index is 12.7. The van der Waals surface area contributed by atoms with Crippen LogP contribution in [-0.4, -0.2) is 127 Å². The average molecular weight is 1000 g/mol. The van der Waals surface area contributed by atoms with Gasteiger partial charge in [-0.1, -0.05) is 54.6 Å². The van der Waals surface area contributed by atoms with Crippen LogP contribution in [0.15, 0.2) is 118 Å². The van der Waals surface area contributed by atoms with E-state index in [4.69, 9.17) is 49.9 Å². The molecule has 3 aromatic heterocycles. The van der Waals surface area contributed by atoms with Crippen LogP contribution in [0.4, 0.5) is 5.82 Å². The zero-order valence-corrected chi connectivity index (χ0v) is 39.5. The molecule has 0 amide bonds. The molecule has 0 radical (unpaired) electrons. The van der Waals surface area contributed by atoms with Gasteiger partial charge in [0.05, 0.1) is 46.3 Å². The molecule has 2 aliphatic rings. The molecule has 3 aromatic carbocycles. The minimum Gasteiger partial charge on any atom is -0.862 e. The number of nitrogens with zero attached hydrogens (tertiary/aromatic N) is 7. The van der Waals surface area contributed by atoms with Gasteiger partial charge >= 0.3 is 5.69 Å². The van der Waals surface area contributed by atoms with Gasteiger partial charge in [0.15, 0.2) is 42.5 Å². The lowest BCUT2D eigenvalue weighted by molar-refractivity contribution is -0.215. The Hall–Kier alpha value is -6.13.